The van der Waals surface area contributed by atoms with Gasteiger partial charge in [0, 0.05) is 10.9 Å². The van der Waals surface area contributed by atoms with Crippen LogP contribution in [0.1, 0.15) is 48.2 Å². The second-order valence-electron chi connectivity index (χ2n) is 5.01. The molecule has 2 atom stereocenters. The van der Waals surface area contributed by atoms with Crippen LogP contribution in [-0.2, 0) is 0 Å². The highest BCUT2D eigenvalue weighted by atomic mass is 32.2. The summed E-state index contributed by atoms with van der Waals surface area (Å²) in [6, 6.07) is 0. The summed E-state index contributed by atoms with van der Waals surface area (Å²) in [6.45, 7) is 1.54. The van der Waals surface area contributed by atoms with Gasteiger partial charge in [0.05, 0.1) is 6.10 Å². The van der Waals surface area contributed by atoms with Gasteiger partial charge in [0.1, 0.15) is 10.6 Å². The third kappa shape index (κ3) is 3.40. The summed E-state index contributed by atoms with van der Waals surface area (Å²) in [5.41, 5.74) is -0.243. The quantitative estimate of drug-likeness (QED) is 0.578. The van der Waals surface area contributed by atoms with Crippen LogP contribution in [0.3, 0.4) is 0 Å². The molecule has 0 aliphatic heterocycles. The van der Waals surface area contributed by atoms with E-state index >= 15 is 0 Å². The summed E-state index contributed by atoms with van der Waals surface area (Å²) in [6.07, 6.45) is 4.08. The average Bonchev–Trinajstić information content (AvgIpc) is 2.53. The lowest BCUT2D eigenvalue weighted by molar-refractivity contribution is 0.0690. The van der Waals surface area contributed by atoms with Crippen LogP contribution in [-0.4, -0.2) is 37.5 Å². The molecule has 0 amide bonds. The Hall–Kier alpha value is -1.34. The maximum absolute atomic E-state index is 11.4. The standard InChI is InChI=1S/C13H18N2O4S/c1-7-10(12(17)18)11(15-13(19)14-7)20-9-6-4-2-3-5-8(9)16/h8-9,16H,2-6H2,1H3,(H,17,18)(H,14,15,19). The van der Waals surface area contributed by atoms with Gasteiger partial charge in [0.25, 0.3) is 0 Å². The van der Waals surface area contributed by atoms with Crippen LogP contribution in [0.2, 0.25) is 0 Å². The third-order valence-corrected chi connectivity index (χ3v) is 4.85. The molecule has 0 saturated heterocycles. The number of aromatic carboxylic acids is 1. The molecule has 110 valence electrons. The number of H-pyrrole nitrogens is 1. The number of aromatic amines is 1. The molecule has 0 radical (unpaired) electrons. The van der Waals surface area contributed by atoms with Gasteiger partial charge >= 0.3 is 11.7 Å². The van der Waals surface area contributed by atoms with Crippen molar-refractivity contribution in [3.05, 3.63) is 21.7 Å². The lowest BCUT2D eigenvalue weighted by atomic mass is 10.1. The van der Waals surface area contributed by atoms with E-state index < -0.39 is 17.8 Å². The van der Waals surface area contributed by atoms with E-state index in [1.54, 1.807) is 6.92 Å². The van der Waals surface area contributed by atoms with Crippen LogP contribution in [0, 0.1) is 6.92 Å². The number of carbonyl (C=O) groups is 1. The maximum atomic E-state index is 11.4. The fraction of sp³-hybridized carbons (Fsp3) is 0.615. The zero-order valence-electron chi connectivity index (χ0n) is 11.3. The summed E-state index contributed by atoms with van der Waals surface area (Å²) in [4.78, 5) is 28.9. The largest absolute Gasteiger partial charge is 0.478 e. The lowest BCUT2D eigenvalue weighted by Crippen LogP contribution is -2.24. The molecular formula is C13H18N2O4S. The number of carboxylic acids is 1. The number of carboxylic acid groups (broad SMARTS) is 1. The molecule has 20 heavy (non-hydrogen) atoms. The first-order valence-electron chi connectivity index (χ1n) is 6.68. The smallest absolute Gasteiger partial charge is 0.346 e. The van der Waals surface area contributed by atoms with E-state index in [1.165, 1.54) is 11.8 Å². The zero-order chi connectivity index (χ0) is 14.7. The summed E-state index contributed by atoms with van der Waals surface area (Å²) in [5.74, 6) is -1.11. The van der Waals surface area contributed by atoms with Crippen LogP contribution < -0.4 is 5.69 Å². The van der Waals surface area contributed by atoms with Crippen LogP contribution >= 0.6 is 11.8 Å². The molecule has 7 heteroatoms. The second kappa shape index (κ2) is 6.41. The number of nitrogens with one attached hydrogen (secondary N) is 1. The van der Waals surface area contributed by atoms with Gasteiger partial charge in [0.15, 0.2) is 0 Å². The molecule has 1 heterocycles. The Morgan fingerprint density at radius 2 is 2.05 bits per heavy atom. The van der Waals surface area contributed by atoms with E-state index in [-0.39, 0.29) is 15.8 Å². The molecule has 0 aromatic carbocycles. The van der Waals surface area contributed by atoms with Gasteiger partial charge in [-0.2, -0.15) is 4.98 Å². The Morgan fingerprint density at radius 1 is 1.35 bits per heavy atom. The average molecular weight is 298 g/mol. The van der Waals surface area contributed by atoms with Crippen molar-refractivity contribution in [2.45, 2.75) is 55.4 Å². The van der Waals surface area contributed by atoms with Gasteiger partial charge in [-0.05, 0) is 19.8 Å². The van der Waals surface area contributed by atoms with Gasteiger partial charge < -0.3 is 15.2 Å². The minimum Gasteiger partial charge on any atom is -0.478 e. The van der Waals surface area contributed by atoms with Gasteiger partial charge in [-0.1, -0.05) is 31.0 Å². The van der Waals surface area contributed by atoms with Gasteiger partial charge in [0.2, 0.25) is 0 Å². The zero-order valence-corrected chi connectivity index (χ0v) is 12.1. The molecule has 0 spiro atoms. The van der Waals surface area contributed by atoms with E-state index in [2.05, 4.69) is 9.97 Å². The molecule has 1 aliphatic rings. The molecule has 2 rings (SSSR count). The Labute approximate surface area is 120 Å². The molecule has 6 nitrogen and oxygen atoms in total. The van der Waals surface area contributed by atoms with Crippen molar-refractivity contribution in [2.24, 2.45) is 0 Å². The highest BCUT2D eigenvalue weighted by molar-refractivity contribution is 8.00. The molecule has 1 fully saturated rings. The van der Waals surface area contributed by atoms with Crippen molar-refractivity contribution in [3.8, 4) is 0 Å². The molecule has 3 N–H and O–H groups in total. The number of rotatable bonds is 3. The summed E-state index contributed by atoms with van der Waals surface area (Å²) in [5, 5.41) is 19.4. The number of aliphatic hydroxyl groups excluding tert-OH is 1. The second-order valence-corrected chi connectivity index (χ2v) is 6.24. The molecule has 0 bridgehead atoms. The summed E-state index contributed by atoms with van der Waals surface area (Å²) >= 11 is 1.21. The monoisotopic (exact) mass is 298 g/mol. The van der Waals surface area contributed by atoms with Crippen LogP contribution in [0.15, 0.2) is 9.82 Å². The topological polar surface area (TPSA) is 103 Å². The van der Waals surface area contributed by atoms with E-state index in [9.17, 15) is 19.8 Å². The number of thioether (sulfide) groups is 1. The molecular weight excluding hydrogens is 280 g/mol. The van der Waals surface area contributed by atoms with Crippen LogP contribution in [0.5, 0.6) is 0 Å². The SMILES string of the molecule is Cc1[nH]c(=O)nc(SC2CCCCCC2O)c1C(=O)O. The van der Waals surface area contributed by atoms with E-state index in [0.717, 1.165) is 25.7 Å². The Balaban J connectivity index is 2.32. The van der Waals surface area contributed by atoms with Gasteiger partial charge in [-0.15, -0.1) is 0 Å². The number of hydrogen-bond donors (Lipinski definition) is 3. The molecule has 1 aromatic heterocycles. The number of nitrogens with zero attached hydrogens (tertiary/aromatic N) is 1. The van der Waals surface area contributed by atoms with Crippen LogP contribution in [0.4, 0.5) is 0 Å². The minimum absolute atomic E-state index is 0.0195. The first-order valence-corrected chi connectivity index (χ1v) is 7.56. The first-order chi connectivity index (χ1) is 9.49. The van der Waals surface area contributed by atoms with Gasteiger partial charge in [-0.25, -0.2) is 9.59 Å². The number of hydrogen-bond acceptors (Lipinski definition) is 5. The molecule has 1 aromatic rings. The summed E-state index contributed by atoms with van der Waals surface area (Å²) < 4.78 is 0. The normalized spacial score (nSPS) is 23.3. The van der Waals surface area contributed by atoms with Crippen molar-refractivity contribution in [1.29, 1.82) is 0 Å². The Bertz CT molecular complexity index is 558. The summed E-state index contributed by atoms with van der Waals surface area (Å²) in [7, 11) is 0. The number of aryl methyl sites for hydroxylation is 1. The number of aromatic nitrogens is 2. The molecule has 1 saturated carbocycles. The van der Waals surface area contributed by atoms with Crippen molar-refractivity contribution in [1.82, 2.24) is 9.97 Å². The third-order valence-electron chi connectivity index (χ3n) is 3.48. The maximum Gasteiger partial charge on any atom is 0.346 e. The van der Waals surface area contributed by atoms with E-state index in [4.69, 9.17) is 0 Å². The fourth-order valence-corrected chi connectivity index (χ4v) is 3.79. The Kier molecular flexibility index (Phi) is 4.82. The van der Waals surface area contributed by atoms with Crippen LogP contribution in [0.25, 0.3) is 0 Å². The van der Waals surface area contributed by atoms with Crippen molar-refractivity contribution >= 4 is 17.7 Å². The predicted molar refractivity (Wildman–Crippen MR) is 75.3 cm³/mol. The first kappa shape index (κ1) is 15.1. The van der Waals surface area contributed by atoms with Crippen molar-refractivity contribution in [2.75, 3.05) is 0 Å². The van der Waals surface area contributed by atoms with E-state index in [0.29, 0.717) is 12.1 Å². The molecule has 1 aliphatic carbocycles. The highest BCUT2D eigenvalue weighted by Gasteiger charge is 2.26. The fourth-order valence-electron chi connectivity index (χ4n) is 2.43. The van der Waals surface area contributed by atoms with Crippen molar-refractivity contribution < 1.29 is 15.0 Å². The number of aliphatic hydroxyl groups is 1. The predicted octanol–water partition coefficient (Wildman–Crippen LogP) is 1.56. The highest BCUT2D eigenvalue weighted by Crippen LogP contribution is 2.33. The lowest BCUT2D eigenvalue weighted by Gasteiger charge is -2.20. The minimum atomic E-state index is -1.11. The molecule has 2 unspecified atom stereocenters. The van der Waals surface area contributed by atoms with Gasteiger partial charge in [-0.3, -0.25) is 0 Å². The Morgan fingerprint density at radius 3 is 2.75 bits per heavy atom. The van der Waals surface area contributed by atoms with E-state index in [1.807, 2.05) is 0 Å². The van der Waals surface area contributed by atoms with Crippen molar-refractivity contribution in [3.63, 3.8) is 0 Å².